The predicted octanol–water partition coefficient (Wildman–Crippen LogP) is 6.53. The van der Waals surface area contributed by atoms with Gasteiger partial charge in [0.05, 0.1) is 5.92 Å². The van der Waals surface area contributed by atoms with Gasteiger partial charge in [0.15, 0.2) is 0 Å². The average Bonchev–Trinajstić information content (AvgIpc) is 3.25. The molecule has 0 heterocycles. The Hall–Kier alpha value is -2.42. The Morgan fingerprint density at radius 2 is 1.80 bits per heavy atom. The molecule has 2 aromatic carbocycles. The monoisotopic (exact) mass is 449 g/mol. The molecule has 30 heavy (non-hydrogen) atoms. The van der Waals surface area contributed by atoms with Gasteiger partial charge in [0.2, 0.25) is 6.10 Å². The molecule has 3 nitrogen and oxygen atoms in total. The van der Waals surface area contributed by atoms with E-state index in [1.165, 1.54) is 48.5 Å². The minimum Gasteiger partial charge on any atom is -0.442 e. The Labute approximate surface area is 183 Å². The van der Waals surface area contributed by atoms with Crippen molar-refractivity contribution in [2.75, 3.05) is 0 Å². The van der Waals surface area contributed by atoms with Crippen molar-refractivity contribution in [2.45, 2.75) is 25.9 Å². The second-order valence-electron chi connectivity index (χ2n) is 7.79. The van der Waals surface area contributed by atoms with Gasteiger partial charge in [-0.15, -0.1) is 0 Å². The third-order valence-corrected chi connectivity index (χ3v) is 5.76. The number of halogens is 4. The van der Waals surface area contributed by atoms with Crippen molar-refractivity contribution in [3.05, 3.63) is 81.9 Å². The highest BCUT2D eigenvalue weighted by Crippen LogP contribution is 2.60. The van der Waals surface area contributed by atoms with Crippen LogP contribution in [-0.4, -0.2) is 5.97 Å². The zero-order chi connectivity index (χ0) is 22.1. The minimum absolute atomic E-state index is 0.0519. The first-order valence-electron chi connectivity index (χ1n) is 9.25. The smallest absolute Gasteiger partial charge is 0.311 e. The quantitative estimate of drug-likeness (QED) is 0.471. The van der Waals surface area contributed by atoms with Gasteiger partial charge in [-0.05, 0) is 23.5 Å². The molecule has 156 valence electrons. The zero-order valence-corrected chi connectivity index (χ0v) is 17.8. The fraction of sp³-hybridized carbons (Fsp3) is 0.304. The lowest BCUT2D eigenvalue weighted by Crippen LogP contribution is -2.17. The number of alkyl halides is 2. The first-order valence-corrected chi connectivity index (χ1v) is 10.0. The lowest BCUT2D eigenvalue weighted by molar-refractivity contribution is -0.149. The molecule has 2 aromatic rings. The highest BCUT2D eigenvalue weighted by atomic mass is 35.5. The molecule has 0 aliphatic heterocycles. The average molecular weight is 450 g/mol. The number of rotatable bonds is 6. The number of allylic oxidation sites excluding steroid dienone is 1. The lowest BCUT2D eigenvalue weighted by atomic mass is 9.97. The van der Waals surface area contributed by atoms with E-state index < -0.39 is 29.3 Å². The Morgan fingerprint density at radius 1 is 1.17 bits per heavy atom. The van der Waals surface area contributed by atoms with E-state index in [2.05, 4.69) is 0 Å². The molecule has 1 aliphatic rings. The summed E-state index contributed by atoms with van der Waals surface area (Å²) >= 11 is 11.4. The van der Waals surface area contributed by atoms with Crippen molar-refractivity contribution >= 4 is 29.2 Å². The van der Waals surface area contributed by atoms with Crippen molar-refractivity contribution in [1.29, 1.82) is 5.26 Å². The van der Waals surface area contributed by atoms with Crippen LogP contribution in [0.3, 0.4) is 0 Å². The summed E-state index contributed by atoms with van der Waals surface area (Å²) in [6.45, 7) is 3.72. The van der Waals surface area contributed by atoms with Crippen LogP contribution in [0.15, 0.2) is 65.2 Å². The van der Waals surface area contributed by atoms with Gasteiger partial charge in [0.1, 0.15) is 10.6 Å². The number of carbonyl (C=O) groups excluding carboxylic acids is 1. The summed E-state index contributed by atoms with van der Waals surface area (Å²) in [6.07, 6.45) is 0.258. The number of hydrogen-bond donors (Lipinski definition) is 0. The molecule has 0 bridgehead atoms. The van der Waals surface area contributed by atoms with Gasteiger partial charge >= 0.3 is 5.97 Å². The number of ether oxygens (including phenoxy) is 1. The van der Waals surface area contributed by atoms with E-state index in [1.807, 2.05) is 19.9 Å². The third-order valence-electron chi connectivity index (χ3n) is 5.51. The van der Waals surface area contributed by atoms with Gasteiger partial charge in [-0.2, -0.15) is 14.0 Å². The maximum Gasteiger partial charge on any atom is 0.311 e. The second-order valence-corrected chi connectivity index (χ2v) is 8.80. The van der Waals surface area contributed by atoms with Crippen molar-refractivity contribution in [3.8, 4) is 6.07 Å². The molecule has 0 saturated heterocycles. The second kappa shape index (κ2) is 8.37. The number of nitriles is 1. The van der Waals surface area contributed by atoms with Crippen molar-refractivity contribution in [2.24, 2.45) is 17.3 Å². The van der Waals surface area contributed by atoms with Crippen molar-refractivity contribution in [1.82, 2.24) is 0 Å². The van der Waals surface area contributed by atoms with Crippen LogP contribution < -0.4 is 0 Å². The SMILES string of the molecule is CC1(C)C(C=C(Cl)Cl)C1C(=O)OC(C#N)c1cccc(C(F)(F)c2ccccc2)c1. The van der Waals surface area contributed by atoms with E-state index in [0.29, 0.717) is 0 Å². The standard InChI is InChI=1S/C23H19Cl2F2NO2/c1-22(2)17(12-19(24)25)20(22)21(29)30-18(13-28)14-7-6-10-16(11-14)23(26,27)15-8-4-3-5-9-15/h3-12,17-18,20H,1-2H3. The molecular formula is C23H19Cl2F2NO2. The lowest BCUT2D eigenvalue weighted by Gasteiger charge is -2.19. The predicted molar refractivity (Wildman–Crippen MR) is 111 cm³/mol. The Bertz CT molecular complexity index is 1010. The molecule has 7 heteroatoms. The summed E-state index contributed by atoms with van der Waals surface area (Å²) in [5.41, 5.74) is -0.697. The third kappa shape index (κ3) is 4.35. The largest absolute Gasteiger partial charge is 0.442 e. The van der Waals surface area contributed by atoms with Crippen molar-refractivity contribution < 1.29 is 18.3 Å². The summed E-state index contributed by atoms with van der Waals surface area (Å²) in [5.74, 6) is -4.59. The summed E-state index contributed by atoms with van der Waals surface area (Å²) in [5, 5.41) is 9.51. The van der Waals surface area contributed by atoms with Crippen LogP contribution in [0.2, 0.25) is 0 Å². The highest BCUT2D eigenvalue weighted by Gasteiger charge is 2.62. The normalized spacial score (nSPS) is 20.6. The van der Waals surface area contributed by atoms with Crippen LogP contribution in [0, 0.1) is 28.6 Å². The van der Waals surface area contributed by atoms with Gasteiger partial charge in [-0.25, -0.2) is 0 Å². The molecule has 0 spiro atoms. The molecule has 1 aliphatic carbocycles. The number of esters is 1. The summed E-state index contributed by atoms with van der Waals surface area (Å²) in [4.78, 5) is 12.6. The maximum absolute atomic E-state index is 14.9. The molecule has 0 amide bonds. The number of hydrogen-bond acceptors (Lipinski definition) is 3. The molecular weight excluding hydrogens is 431 g/mol. The van der Waals surface area contributed by atoms with Gasteiger partial charge < -0.3 is 4.74 Å². The van der Waals surface area contributed by atoms with Crippen molar-refractivity contribution in [3.63, 3.8) is 0 Å². The number of carbonyl (C=O) groups is 1. The highest BCUT2D eigenvalue weighted by molar-refractivity contribution is 6.55. The van der Waals surface area contributed by atoms with E-state index in [1.54, 1.807) is 12.1 Å². The molecule has 3 atom stereocenters. The Morgan fingerprint density at radius 3 is 2.40 bits per heavy atom. The first-order chi connectivity index (χ1) is 14.1. The Kier molecular flexibility index (Phi) is 6.21. The zero-order valence-electron chi connectivity index (χ0n) is 16.3. The van der Waals surface area contributed by atoms with Crippen LogP contribution in [-0.2, 0) is 15.5 Å². The van der Waals surface area contributed by atoms with E-state index in [0.717, 1.165) is 0 Å². The number of nitrogens with zero attached hydrogens (tertiary/aromatic N) is 1. The molecule has 0 aromatic heterocycles. The summed E-state index contributed by atoms with van der Waals surface area (Å²) in [7, 11) is 0. The molecule has 0 radical (unpaired) electrons. The van der Waals surface area contributed by atoms with Gasteiger partial charge in [0.25, 0.3) is 5.92 Å². The molecule has 0 N–H and O–H groups in total. The van der Waals surface area contributed by atoms with E-state index in [-0.39, 0.29) is 27.1 Å². The molecule has 3 rings (SSSR count). The van der Waals surface area contributed by atoms with Gasteiger partial charge in [-0.3, -0.25) is 4.79 Å². The van der Waals surface area contributed by atoms with Crippen LogP contribution in [0.1, 0.15) is 36.6 Å². The minimum atomic E-state index is -3.26. The fourth-order valence-electron chi connectivity index (χ4n) is 3.64. The van der Waals surface area contributed by atoms with Gasteiger partial charge in [-0.1, -0.05) is 85.6 Å². The van der Waals surface area contributed by atoms with E-state index >= 15 is 0 Å². The van der Waals surface area contributed by atoms with E-state index in [4.69, 9.17) is 27.9 Å². The Balaban J connectivity index is 1.82. The van der Waals surface area contributed by atoms with E-state index in [9.17, 15) is 18.8 Å². The fourth-order valence-corrected chi connectivity index (χ4v) is 3.92. The molecule has 1 saturated carbocycles. The van der Waals surface area contributed by atoms with Crippen LogP contribution in [0.4, 0.5) is 8.78 Å². The van der Waals surface area contributed by atoms with Crippen LogP contribution in [0.5, 0.6) is 0 Å². The van der Waals surface area contributed by atoms with Gasteiger partial charge in [0, 0.05) is 16.7 Å². The molecule has 1 fully saturated rings. The topological polar surface area (TPSA) is 50.1 Å². The summed E-state index contributed by atoms with van der Waals surface area (Å²) < 4.78 is 35.2. The maximum atomic E-state index is 14.9. The van der Waals surface area contributed by atoms with Crippen LogP contribution in [0.25, 0.3) is 0 Å². The number of benzene rings is 2. The van der Waals surface area contributed by atoms with Crippen LogP contribution >= 0.6 is 23.2 Å². The summed E-state index contributed by atoms with van der Waals surface area (Å²) in [6, 6.07) is 14.6. The first kappa shape index (κ1) is 22.3. The molecule has 3 unspecified atom stereocenters.